The zero-order chi connectivity index (χ0) is 21.4. The van der Waals surface area contributed by atoms with Crippen LogP contribution >= 0.6 is 0 Å². The van der Waals surface area contributed by atoms with E-state index < -0.39 is 16.0 Å². The third kappa shape index (κ3) is 7.23. The number of hydrogen-bond acceptors (Lipinski definition) is 5. The van der Waals surface area contributed by atoms with Crippen molar-refractivity contribution in [2.75, 3.05) is 17.9 Å². The van der Waals surface area contributed by atoms with Crippen molar-refractivity contribution in [1.29, 1.82) is 0 Å². The van der Waals surface area contributed by atoms with E-state index in [0.717, 1.165) is 12.0 Å². The predicted molar refractivity (Wildman–Crippen MR) is 111 cm³/mol. The van der Waals surface area contributed by atoms with Crippen LogP contribution in [0.25, 0.3) is 0 Å². The van der Waals surface area contributed by atoms with E-state index in [1.165, 1.54) is 24.3 Å². The van der Waals surface area contributed by atoms with Crippen LogP contribution in [-0.4, -0.2) is 33.4 Å². The standard InChI is InChI=1S/C21H26N2O5S/c1-15(2)12-13-22-20(24)14-28-21(25)17-6-10-19(11-7-17)29(26,27)23-18-8-4-16(3)5-9-18/h4-11,15,23H,12-14H2,1-3H3,(H,22,24). The molecule has 156 valence electrons. The first-order chi connectivity index (χ1) is 13.7. The molecule has 2 rings (SSSR count). The van der Waals surface area contributed by atoms with Gasteiger partial charge in [0.2, 0.25) is 0 Å². The normalized spacial score (nSPS) is 11.2. The van der Waals surface area contributed by atoms with Crippen molar-refractivity contribution in [2.45, 2.75) is 32.1 Å². The Labute approximate surface area is 171 Å². The quantitative estimate of drug-likeness (QED) is 0.609. The second kappa shape index (κ2) is 10.1. The highest BCUT2D eigenvalue weighted by Gasteiger charge is 2.16. The maximum absolute atomic E-state index is 12.5. The molecular weight excluding hydrogens is 392 g/mol. The highest BCUT2D eigenvalue weighted by Crippen LogP contribution is 2.17. The van der Waals surface area contributed by atoms with Gasteiger partial charge in [0.05, 0.1) is 10.5 Å². The van der Waals surface area contributed by atoms with Gasteiger partial charge in [0.1, 0.15) is 0 Å². The van der Waals surface area contributed by atoms with Gasteiger partial charge in [-0.1, -0.05) is 31.5 Å². The molecule has 0 radical (unpaired) electrons. The van der Waals surface area contributed by atoms with Crippen LogP contribution in [0.5, 0.6) is 0 Å². The number of esters is 1. The predicted octanol–water partition coefficient (Wildman–Crippen LogP) is 3.11. The highest BCUT2D eigenvalue weighted by atomic mass is 32.2. The number of ether oxygens (including phenoxy) is 1. The van der Waals surface area contributed by atoms with Crippen molar-refractivity contribution in [2.24, 2.45) is 5.92 Å². The fraction of sp³-hybridized carbons (Fsp3) is 0.333. The fourth-order valence-electron chi connectivity index (χ4n) is 2.37. The molecule has 29 heavy (non-hydrogen) atoms. The van der Waals surface area contributed by atoms with Gasteiger partial charge < -0.3 is 10.1 Å². The molecule has 2 aromatic carbocycles. The van der Waals surface area contributed by atoms with E-state index in [0.29, 0.717) is 18.2 Å². The number of aryl methyl sites for hydroxylation is 1. The first-order valence-corrected chi connectivity index (χ1v) is 10.8. The number of anilines is 1. The van der Waals surface area contributed by atoms with Crippen molar-refractivity contribution in [3.63, 3.8) is 0 Å². The third-order valence-electron chi connectivity index (χ3n) is 4.08. The number of nitrogens with one attached hydrogen (secondary N) is 2. The summed E-state index contributed by atoms with van der Waals surface area (Å²) in [5.74, 6) is -0.604. The SMILES string of the molecule is Cc1ccc(NS(=O)(=O)c2ccc(C(=O)OCC(=O)NCCC(C)C)cc2)cc1. The zero-order valence-corrected chi connectivity index (χ0v) is 17.6. The number of amides is 1. The van der Waals surface area contributed by atoms with Gasteiger partial charge in [-0.3, -0.25) is 9.52 Å². The summed E-state index contributed by atoms with van der Waals surface area (Å²) in [7, 11) is -3.78. The number of hydrogen-bond donors (Lipinski definition) is 2. The number of benzene rings is 2. The summed E-state index contributed by atoms with van der Waals surface area (Å²) in [6.07, 6.45) is 0.840. The van der Waals surface area contributed by atoms with E-state index in [2.05, 4.69) is 10.0 Å². The van der Waals surface area contributed by atoms with Gasteiger partial charge in [0.25, 0.3) is 15.9 Å². The maximum Gasteiger partial charge on any atom is 0.338 e. The van der Waals surface area contributed by atoms with Crippen LogP contribution in [-0.2, 0) is 19.6 Å². The molecule has 0 atom stereocenters. The summed E-state index contributed by atoms with van der Waals surface area (Å²) in [4.78, 5) is 23.7. The molecule has 0 aliphatic heterocycles. The zero-order valence-electron chi connectivity index (χ0n) is 16.8. The van der Waals surface area contributed by atoms with Gasteiger partial charge in [-0.25, -0.2) is 13.2 Å². The molecule has 8 heteroatoms. The van der Waals surface area contributed by atoms with Gasteiger partial charge in [0, 0.05) is 12.2 Å². The van der Waals surface area contributed by atoms with Gasteiger partial charge in [0.15, 0.2) is 6.61 Å². The molecule has 0 heterocycles. The van der Waals surface area contributed by atoms with Gasteiger partial charge >= 0.3 is 5.97 Å². The van der Waals surface area contributed by atoms with E-state index in [1.54, 1.807) is 24.3 Å². The monoisotopic (exact) mass is 418 g/mol. The van der Waals surface area contributed by atoms with Crippen LogP contribution in [0.2, 0.25) is 0 Å². The summed E-state index contributed by atoms with van der Waals surface area (Å²) in [6, 6.07) is 12.3. The topological polar surface area (TPSA) is 102 Å². The molecule has 0 aliphatic rings. The molecule has 0 saturated heterocycles. The number of carbonyl (C=O) groups is 2. The minimum Gasteiger partial charge on any atom is -0.452 e. The summed E-state index contributed by atoms with van der Waals surface area (Å²) in [5.41, 5.74) is 1.63. The van der Waals surface area contributed by atoms with Gasteiger partial charge in [-0.2, -0.15) is 0 Å². The van der Waals surface area contributed by atoms with Crippen molar-refractivity contribution >= 4 is 27.6 Å². The van der Waals surface area contributed by atoms with Gasteiger partial charge in [-0.05, 0) is 55.7 Å². The Hall–Kier alpha value is -2.87. The van der Waals surface area contributed by atoms with E-state index in [1.807, 2.05) is 20.8 Å². The molecule has 0 fully saturated rings. The molecular formula is C21H26N2O5S. The van der Waals surface area contributed by atoms with Crippen LogP contribution in [0, 0.1) is 12.8 Å². The smallest absolute Gasteiger partial charge is 0.338 e. The lowest BCUT2D eigenvalue weighted by Crippen LogP contribution is -2.30. The van der Waals surface area contributed by atoms with Crippen molar-refractivity contribution in [3.8, 4) is 0 Å². The van der Waals surface area contributed by atoms with E-state index in [4.69, 9.17) is 4.74 Å². The molecule has 0 unspecified atom stereocenters. The minimum absolute atomic E-state index is 0.0149. The Kier molecular flexibility index (Phi) is 7.78. The average Bonchev–Trinajstić information content (AvgIpc) is 2.67. The van der Waals surface area contributed by atoms with E-state index in [9.17, 15) is 18.0 Å². The molecule has 0 bridgehead atoms. The Bertz CT molecular complexity index is 936. The summed E-state index contributed by atoms with van der Waals surface area (Å²) >= 11 is 0. The molecule has 7 nitrogen and oxygen atoms in total. The lowest BCUT2D eigenvalue weighted by Gasteiger charge is -2.10. The van der Waals surface area contributed by atoms with Crippen molar-refractivity contribution in [1.82, 2.24) is 5.32 Å². The summed E-state index contributed by atoms with van der Waals surface area (Å²) < 4.78 is 32.3. The highest BCUT2D eigenvalue weighted by molar-refractivity contribution is 7.92. The van der Waals surface area contributed by atoms with Crippen LogP contribution in [0.15, 0.2) is 53.4 Å². The maximum atomic E-state index is 12.5. The average molecular weight is 419 g/mol. The lowest BCUT2D eigenvalue weighted by molar-refractivity contribution is -0.124. The van der Waals surface area contributed by atoms with Crippen molar-refractivity contribution < 1.29 is 22.7 Å². The van der Waals surface area contributed by atoms with E-state index in [-0.39, 0.29) is 23.0 Å². The lowest BCUT2D eigenvalue weighted by atomic mass is 10.1. The Morgan fingerprint density at radius 3 is 2.21 bits per heavy atom. The third-order valence-corrected chi connectivity index (χ3v) is 5.48. The number of carbonyl (C=O) groups excluding carboxylic acids is 2. The van der Waals surface area contributed by atoms with Crippen LogP contribution in [0.4, 0.5) is 5.69 Å². The van der Waals surface area contributed by atoms with Crippen molar-refractivity contribution in [3.05, 3.63) is 59.7 Å². The summed E-state index contributed by atoms with van der Waals surface area (Å²) in [5, 5.41) is 2.67. The molecule has 0 aliphatic carbocycles. The molecule has 2 aromatic rings. The number of rotatable bonds is 9. The molecule has 0 spiro atoms. The Morgan fingerprint density at radius 2 is 1.62 bits per heavy atom. The first kappa shape index (κ1) is 22.4. The van der Waals surface area contributed by atoms with Crippen LogP contribution < -0.4 is 10.0 Å². The van der Waals surface area contributed by atoms with Crippen LogP contribution in [0.1, 0.15) is 36.2 Å². The minimum atomic E-state index is -3.78. The van der Waals surface area contributed by atoms with E-state index >= 15 is 0 Å². The second-order valence-electron chi connectivity index (χ2n) is 7.10. The summed E-state index contributed by atoms with van der Waals surface area (Å²) in [6.45, 7) is 6.14. The van der Waals surface area contributed by atoms with Crippen LogP contribution in [0.3, 0.4) is 0 Å². The Balaban J connectivity index is 1.92. The molecule has 2 N–H and O–H groups in total. The molecule has 0 aromatic heterocycles. The van der Waals surface area contributed by atoms with Gasteiger partial charge in [-0.15, -0.1) is 0 Å². The molecule has 0 saturated carbocycles. The Morgan fingerprint density at radius 1 is 1.00 bits per heavy atom. The second-order valence-corrected chi connectivity index (χ2v) is 8.79. The fourth-order valence-corrected chi connectivity index (χ4v) is 3.43. The largest absolute Gasteiger partial charge is 0.452 e. The number of sulfonamides is 1. The first-order valence-electron chi connectivity index (χ1n) is 9.31. The molecule has 1 amide bonds.